The number of nitrogens with one attached hydrogen (secondary N) is 1. The van der Waals surface area contributed by atoms with Crippen molar-refractivity contribution in [3.63, 3.8) is 0 Å². The van der Waals surface area contributed by atoms with Gasteiger partial charge in [0.25, 0.3) is 0 Å². The molecule has 1 aromatic heterocycles. The van der Waals surface area contributed by atoms with E-state index in [2.05, 4.69) is 5.32 Å². The van der Waals surface area contributed by atoms with E-state index >= 15 is 0 Å². The monoisotopic (exact) mass is 455 g/mol. The van der Waals surface area contributed by atoms with Gasteiger partial charge < -0.3 is 19.2 Å². The number of anilines is 1. The van der Waals surface area contributed by atoms with Crippen LogP contribution in [-0.2, 0) is 4.79 Å². The molecule has 4 rings (SSSR count). The Morgan fingerprint density at radius 1 is 1.09 bits per heavy atom. The lowest BCUT2D eigenvalue weighted by Crippen LogP contribution is -2.10. The molecule has 0 atom stereocenters. The van der Waals surface area contributed by atoms with Crippen LogP contribution in [0.4, 0.5) is 5.69 Å². The van der Waals surface area contributed by atoms with Gasteiger partial charge in [0, 0.05) is 33.8 Å². The predicted octanol–water partition coefficient (Wildman–Crippen LogP) is 7.17. The van der Waals surface area contributed by atoms with Crippen LogP contribution in [-0.4, -0.2) is 19.6 Å². The lowest BCUT2D eigenvalue weighted by molar-refractivity contribution is -0.111. The SMILES string of the molecule is CCOc1c(/C(C)=C/C(=O)Nc2ccccc2C)cc2c(-c3cccc(OC)c3)coc2c1C. The molecule has 1 heterocycles. The van der Waals surface area contributed by atoms with E-state index < -0.39 is 0 Å². The zero-order valence-electron chi connectivity index (χ0n) is 20.2. The van der Waals surface area contributed by atoms with E-state index in [1.165, 1.54) is 0 Å². The molecule has 4 aromatic rings. The van der Waals surface area contributed by atoms with Crippen molar-refractivity contribution in [3.05, 3.63) is 83.6 Å². The number of carbonyl (C=O) groups is 1. The molecule has 0 aliphatic heterocycles. The molecule has 0 fully saturated rings. The molecule has 0 saturated heterocycles. The van der Waals surface area contributed by atoms with Crippen molar-refractivity contribution in [2.45, 2.75) is 27.7 Å². The highest BCUT2D eigenvalue weighted by Crippen LogP contribution is 2.41. The molecule has 5 nitrogen and oxygen atoms in total. The summed E-state index contributed by atoms with van der Waals surface area (Å²) in [5, 5.41) is 3.93. The summed E-state index contributed by atoms with van der Waals surface area (Å²) in [6.07, 6.45) is 3.37. The third-order valence-electron chi connectivity index (χ3n) is 5.89. The van der Waals surface area contributed by atoms with Crippen molar-refractivity contribution >= 4 is 28.1 Å². The van der Waals surface area contributed by atoms with Crippen LogP contribution in [0, 0.1) is 13.8 Å². The van der Waals surface area contributed by atoms with Crippen molar-refractivity contribution < 1.29 is 18.7 Å². The maximum absolute atomic E-state index is 12.8. The maximum atomic E-state index is 12.8. The first-order valence-electron chi connectivity index (χ1n) is 11.3. The van der Waals surface area contributed by atoms with Gasteiger partial charge in [0.1, 0.15) is 17.1 Å². The lowest BCUT2D eigenvalue weighted by atomic mass is 9.96. The molecule has 0 radical (unpaired) electrons. The fourth-order valence-electron chi connectivity index (χ4n) is 4.11. The number of hydrogen-bond donors (Lipinski definition) is 1. The van der Waals surface area contributed by atoms with E-state index in [1.54, 1.807) is 19.4 Å². The van der Waals surface area contributed by atoms with Crippen molar-refractivity contribution in [1.82, 2.24) is 0 Å². The van der Waals surface area contributed by atoms with Crippen LogP contribution in [0.3, 0.4) is 0 Å². The molecular weight excluding hydrogens is 426 g/mol. The summed E-state index contributed by atoms with van der Waals surface area (Å²) in [4.78, 5) is 12.8. The van der Waals surface area contributed by atoms with Gasteiger partial charge in [0.2, 0.25) is 5.91 Å². The van der Waals surface area contributed by atoms with Crippen LogP contribution in [0.2, 0.25) is 0 Å². The lowest BCUT2D eigenvalue weighted by Gasteiger charge is -2.15. The second-order valence-electron chi connectivity index (χ2n) is 8.20. The quantitative estimate of drug-likeness (QED) is 0.300. The second-order valence-corrected chi connectivity index (χ2v) is 8.20. The average molecular weight is 456 g/mol. The molecular formula is C29H29NO4. The number of methoxy groups -OCH3 is 1. The standard InChI is InChI=1S/C29H29NO4/c1-6-33-28-20(4)29-24(25(17-34-29)21-11-9-12-22(15-21)32-5)16-23(28)19(3)14-27(31)30-26-13-8-7-10-18(26)2/h7-17H,6H2,1-5H3,(H,30,31)/b19-14+. The summed E-state index contributed by atoms with van der Waals surface area (Å²) in [5.74, 6) is 1.31. The van der Waals surface area contributed by atoms with Crippen LogP contribution in [0.1, 0.15) is 30.5 Å². The van der Waals surface area contributed by atoms with Crippen molar-refractivity contribution in [2.24, 2.45) is 0 Å². The number of benzene rings is 3. The number of allylic oxidation sites excluding steroid dienone is 1. The number of fused-ring (bicyclic) bond motifs is 1. The molecule has 174 valence electrons. The van der Waals surface area contributed by atoms with Gasteiger partial charge in [-0.25, -0.2) is 0 Å². The zero-order valence-corrected chi connectivity index (χ0v) is 20.2. The van der Waals surface area contributed by atoms with Crippen molar-refractivity contribution in [1.29, 1.82) is 0 Å². The summed E-state index contributed by atoms with van der Waals surface area (Å²) in [6, 6.07) is 17.6. The van der Waals surface area contributed by atoms with Gasteiger partial charge >= 0.3 is 0 Å². The Morgan fingerprint density at radius 2 is 1.88 bits per heavy atom. The predicted molar refractivity (Wildman–Crippen MR) is 138 cm³/mol. The first-order chi connectivity index (χ1) is 16.4. The molecule has 0 spiro atoms. The third kappa shape index (κ3) is 4.55. The van der Waals surface area contributed by atoms with Crippen LogP contribution in [0.15, 0.2) is 71.4 Å². The summed E-state index contributed by atoms with van der Waals surface area (Å²) >= 11 is 0. The van der Waals surface area contributed by atoms with Crippen molar-refractivity contribution in [3.8, 4) is 22.6 Å². The van der Waals surface area contributed by atoms with E-state index in [1.807, 2.05) is 82.3 Å². The first-order valence-corrected chi connectivity index (χ1v) is 11.3. The van der Waals surface area contributed by atoms with Gasteiger partial charge in [-0.15, -0.1) is 0 Å². The Kier molecular flexibility index (Phi) is 6.73. The molecule has 0 unspecified atom stereocenters. The Labute approximate surface area is 200 Å². The van der Waals surface area contributed by atoms with Crippen LogP contribution in [0.25, 0.3) is 27.7 Å². The number of furan rings is 1. The average Bonchev–Trinajstić information content (AvgIpc) is 3.26. The van der Waals surface area contributed by atoms with Gasteiger partial charge in [-0.2, -0.15) is 0 Å². The Hall–Kier alpha value is -3.99. The fraction of sp³-hybridized carbons (Fsp3) is 0.207. The largest absolute Gasteiger partial charge is 0.497 e. The molecule has 1 amide bonds. The molecule has 0 saturated carbocycles. The van der Waals surface area contributed by atoms with Gasteiger partial charge in [0.15, 0.2) is 0 Å². The van der Waals surface area contributed by atoms with E-state index in [9.17, 15) is 4.79 Å². The molecule has 0 aliphatic carbocycles. The second kappa shape index (κ2) is 9.87. The van der Waals surface area contributed by atoms with Crippen LogP contribution >= 0.6 is 0 Å². The number of amides is 1. The number of carbonyl (C=O) groups excluding carboxylic acids is 1. The summed E-state index contributed by atoms with van der Waals surface area (Å²) in [7, 11) is 1.65. The smallest absolute Gasteiger partial charge is 0.248 e. The maximum Gasteiger partial charge on any atom is 0.248 e. The zero-order chi connectivity index (χ0) is 24.2. The molecule has 3 aromatic carbocycles. The normalized spacial score (nSPS) is 11.5. The van der Waals surface area contributed by atoms with E-state index in [-0.39, 0.29) is 5.91 Å². The topological polar surface area (TPSA) is 60.7 Å². The highest BCUT2D eigenvalue weighted by Gasteiger charge is 2.19. The minimum Gasteiger partial charge on any atom is -0.497 e. The molecule has 0 bridgehead atoms. The number of para-hydroxylation sites is 1. The number of ether oxygens (including phenoxy) is 2. The van der Waals surface area contributed by atoms with Gasteiger partial charge in [-0.3, -0.25) is 4.79 Å². The number of aryl methyl sites for hydroxylation is 2. The van der Waals surface area contributed by atoms with E-state index in [4.69, 9.17) is 13.9 Å². The van der Waals surface area contributed by atoms with Gasteiger partial charge in [-0.05, 0) is 68.7 Å². The Bertz CT molecular complexity index is 1380. The van der Waals surface area contributed by atoms with Crippen LogP contribution in [0.5, 0.6) is 11.5 Å². The minimum atomic E-state index is -0.188. The Morgan fingerprint density at radius 3 is 2.62 bits per heavy atom. The van der Waals surface area contributed by atoms with E-state index in [0.29, 0.717) is 6.61 Å². The van der Waals surface area contributed by atoms with E-state index in [0.717, 1.165) is 61.5 Å². The molecule has 1 N–H and O–H groups in total. The number of hydrogen-bond acceptors (Lipinski definition) is 4. The molecule has 0 aliphatic rings. The molecule has 34 heavy (non-hydrogen) atoms. The van der Waals surface area contributed by atoms with Crippen molar-refractivity contribution in [2.75, 3.05) is 19.0 Å². The van der Waals surface area contributed by atoms with Gasteiger partial charge in [-0.1, -0.05) is 30.3 Å². The fourth-order valence-corrected chi connectivity index (χ4v) is 4.11. The first kappa shape index (κ1) is 23.2. The summed E-state index contributed by atoms with van der Waals surface area (Å²) in [6.45, 7) is 8.32. The Balaban J connectivity index is 1.80. The van der Waals surface area contributed by atoms with Crippen LogP contribution < -0.4 is 14.8 Å². The number of rotatable bonds is 7. The highest BCUT2D eigenvalue weighted by molar-refractivity contribution is 6.06. The summed E-state index contributed by atoms with van der Waals surface area (Å²) < 4.78 is 17.4. The molecule has 5 heteroatoms. The van der Waals surface area contributed by atoms with Gasteiger partial charge in [0.05, 0.1) is 20.0 Å². The third-order valence-corrected chi connectivity index (χ3v) is 5.89. The summed E-state index contributed by atoms with van der Waals surface area (Å²) in [5.41, 5.74) is 7.08. The highest BCUT2D eigenvalue weighted by atomic mass is 16.5. The minimum absolute atomic E-state index is 0.188.